The second-order valence-electron chi connectivity index (χ2n) is 9.28. The molecule has 16 heteroatoms. The molecule has 3 aromatic rings. The number of nitrogens with one attached hydrogen (secondary N) is 4. The second kappa shape index (κ2) is 15.8. The van der Waals surface area contributed by atoms with Crippen LogP contribution in [0.15, 0.2) is 60.7 Å². The van der Waals surface area contributed by atoms with Crippen molar-refractivity contribution in [3.05, 3.63) is 83.2 Å². The van der Waals surface area contributed by atoms with Crippen molar-refractivity contribution < 1.29 is 51.6 Å². The summed E-state index contributed by atoms with van der Waals surface area (Å²) >= 11 is 0. The minimum absolute atomic E-state index is 0.0175. The molecule has 0 radical (unpaired) electrons. The van der Waals surface area contributed by atoms with Gasteiger partial charge in [-0.2, -0.15) is 13.2 Å². The van der Waals surface area contributed by atoms with Crippen molar-refractivity contribution in [2.45, 2.75) is 39.1 Å². The predicted octanol–water partition coefficient (Wildman–Crippen LogP) is 4.25. The smallest absolute Gasteiger partial charge is 0.490 e. The number of halogens is 4. The van der Waals surface area contributed by atoms with Gasteiger partial charge in [-0.25, -0.2) is 9.18 Å². The van der Waals surface area contributed by atoms with E-state index in [1.807, 2.05) is 0 Å². The summed E-state index contributed by atoms with van der Waals surface area (Å²) in [6, 6.07) is 13.0. The standard InChI is InChI=1S/C27H30FN5O5.C2HF3O2/c1-4-37-22-13-20(21(28)14-23(22)38-15(2)3)24(31-18-9-5-16(6-10-18)25(29)30)27(36)33-32-26(35)17-7-11-19(34)12-8-17;3-2(4,5)1(6)7/h5-15,24,31,34H,4H2,1-3H3,(H3,29,30)(H,32,35)(H,33,36);(H,6,7). The summed E-state index contributed by atoms with van der Waals surface area (Å²) < 4.78 is 58.4. The molecule has 0 saturated heterocycles. The Hall–Kier alpha value is -5.54. The lowest BCUT2D eigenvalue weighted by molar-refractivity contribution is -0.192. The molecule has 0 spiro atoms. The quantitative estimate of drug-likeness (QED) is 0.0736. The molecule has 3 rings (SSSR count). The molecule has 12 nitrogen and oxygen atoms in total. The van der Waals surface area contributed by atoms with Crippen LogP contribution in [0.2, 0.25) is 0 Å². The third-order valence-corrected chi connectivity index (χ3v) is 5.48. The van der Waals surface area contributed by atoms with Gasteiger partial charge in [0.15, 0.2) is 11.5 Å². The number of anilines is 1. The van der Waals surface area contributed by atoms with Crippen molar-refractivity contribution in [2.75, 3.05) is 11.9 Å². The number of carbonyl (C=O) groups is 3. The summed E-state index contributed by atoms with van der Waals surface area (Å²) in [6.07, 6.45) is -5.33. The first kappa shape index (κ1) is 35.7. The second-order valence-corrected chi connectivity index (χ2v) is 9.28. The number of alkyl halides is 3. The van der Waals surface area contributed by atoms with Crippen LogP contribution in [0.25, 0.3) is 0 Å². The summed E-state index contributed by atoms with van der Waals surface area (Å²) in [6.45, 7) is 5.63. The van der Waals surface area contributed by atoms with Crippen molar-refractivity contribution in [3.63, 3.8) is 0 Å². The van der Waals surface area contributed by atoms with Crippen LogP contribution < -0.4 is 31.4 Å². The number of carboxylic acids is 1. The van der Waals surface area contributed by atoms with E-state index in [0.29, 0.717) is 11.3 Å². The van der Waals surface area contributed by atoms with Crippen LogP contribution in [0.4, 0.5) is 23.2 Å². The SMILES string of the molecule is CCOc1cc(C(Nc2ccc(C(=N)N)cc2)C(=O)NNC(=O)c2ccc(O)cc2)c(F)cc1OC(C)C.O=C(O)C(F)(F)F. The Balaban J connectivity index is 0.000000900. The number of phenolic OH excluding ortho intramolecular Hbond substituents is 1. The van der Waals surface area contributed by atoms with E-state index < -0.39 is 35.8 Å². The molecule has 1 unspecified atom stereocenters. The fraction of sp³-hybridized carbons (Fsp3) is 0.241. The lowest BCUT2D eigenvalue weighted by Gasteiger charge is -2.23. The number of aliphatic carboxylic acids is 1. The number of carboxylic acid groups (broad SMARTS) is 1. The van der Waals surface area contributed by atoms with E-state index in [9.17, 15) is 27.9 Å². The topological polar surface area (TPSA) is 196 Å². The van der Waals surface area contributed by atoms with Crippen molar-refractivity contribution in [2.24, 2.45) is 5.73 Å². The van der Waals surface area contributed by atoms with Gasteiger partial charge < -0.3 is 30.7 Å². The van der Waals surface area contributed by atoms with E-state index in [1.54, 1.807) is 45.0 Å². The van der Waals surface area contributed by atoms with Crippen LogP contribution in [-0.2, 0) is 9.59 Å². The molecule has 3 aromatic carbocycles. The first-order valence-corrected chi connectivity index (χ1v) is 13.1. The number of rotatable bonds is 10. The fourth-order valence-corrected chi connectivity index (χ4v) is 3.46. The molecular weight excluding hydrogens is 606 g/mol. The first-order valence-electron chi connectivity index (χ1n) is 13.1. The number of nitrogens with two attached hydrogens (primary N) is 1. The highest BCUT2D eigenvalue weighted by Crippen LogP contribution is 2.35. The van der Waals surface area contributed by atoms with Crippen LogP contribution in [0.5, 0.6) is 17.2 Å². The van der Waals surface area contributed by atoms with Crippen molar-refractivity contribution >= 4 is 29.3 Å². The number of carbonyl (C=O) groups excluding carboxylic acids is 2. The number of aromatic hydroxyl groups is 1. The maximum Gasteiger partial charge on any atom is 0.490 e. The van der Waals surface area contributed by atoms with Crippen LogP contribution >= 0.6 is 0 Å². The zero-order valence-electron chi connectivity index (χ0n) is 24.2. The molecule has 0 heterocycles. The van der Waals surface area contributed by atoms with E-state index >= 15 is 4.39 Å². The maximum atomic E-state index is 15.4. The summed E-state index contributed by atoms with van der Waals surface area (Å²) in [5.41, 5.74) is 11.1. The number of hydrazine groups is 1. The highest BCUT2D eigenvalue weighted by molar-refractivity contribution is 5.97. The van der Waals surface area contributed by atoms with Crippen molar-refractivity contribution in [1.29, 1.82) is 5.41 Å². The van der Waals surface area contributed by atoms with E-state index in [-0.39, 0.29) is 46.9 Å². The highest BCUT2D eigenvalue weighted by atomic mass is 19.4. The molecule has 0 aromatic heterocycles. The molecule has 1 atom stereocenters. The molecule has 8 N–H and O–H groups in total. The van der Waals surface area contributed by atoms with Crippen LogP contribution in [-0.4, -0.2) is 52.7 Å². The molecule has 2 amide bonds. The van der Waals surface area contributed by atoms with E-state index in [0.717, 1.165) is 6.07 Å². The Kier molecular flexibility index (Phi) is 12.5. The Morgan fingerprint density at radius 3 is 2.00 bits per heavy atom. The molecule has 0 aliphatic heterocycles. The molecule has 45 heavy (non-hydrogen) atoms. The Labute approximate surface area is 254 Å². The number of hydrogen-bond acceptors (Lipinski definition) is 8. The maximum absolute atomic E-state index is 15.4. The molecule has 242 valence electrons. The van der Waals surface area contributed by atoms with E-state index in [4.69, 9.17) is 30.5 Å². The zero-order chi connectivity index (χ0) is 33.9. The number of nitrogen functional groups attached to an aromatic ring is 1. The summed E-state index contributed by atoms with van der Waals surface area (Å²) in [4.78, 5) is 34.6. The van der Waals surface area contributed by atoms with Gasteiger partial charge in [-0.1, -0.05) is 0 Å². The minimum atomic E-state index is -5.08. The molecule has 0 bridgehead atoms. The zero-order valence-corrected chi connectivity index (χ0v) is 24.2. The predicted molar refractivity (Wildman–Crippen MR) is 155 cm³/mol. The summed E-state index contributed by atoms with van der Waals surface area (Å²) in [7, 11) is 0. The first-order chi connectivity index (χ1) is 21.0. The Bertz CT molecular complexity index is 1500. The van der Waals surface area contributed by atoms with Crippen LogP contribution in [0.1, 0.15) is 48.3 Å². The number of phenols is 1. The lowest BCUT2D eigenvalue weighted by atomic mass is 10.0. The van der Waals surface area contributed by atoms with Gasteiger partial charge in [-0.05, 0) is 75.4 Å². The average Bonchev–Trinajstić information content (AvgIpc) is 2.96. The fourth-order valence-electron chi connectivity index (χ4n) is 3.46. The average molecular weight is 638 g/mol. The molecule has 0 fully saturated rings. The van der Waals surface area contributed by atoms with Gasteiger partial charge >= 0.3 is 12.1 Å². The molecule has 0 saturated carbocycles. The Morgan fingerprint density at radius 1 is 0.956 bits per heavy atom. The lowest BCUT2D eigenvalue weighted by Crippen LogP contribution is -2.45. The van der Waals surface area contributed by atoms with Gasteiger partial charge in [0.25, 0.3) is 11.8 Å². The monoisotopic (exact) mass is 637 g/mol. The van der Waals surface area contributed by atoms with Crippen LogP contribution in [0.3, 0.4) is 0 Å². The number of benzene rings is 3. The van der Waals surface area contributed by atoms with Gasteiger partial charge in [0, 0.05) is 28.4 Å². The third-order valence-electron chi connectivity index (χ3n) is 5.48. The minimum Gasteiger partial charge on any atom is -0.508 e. The summed E-state index contributed by atoms with van der Waals surface area (Å²) in [5, 5.41) is 27.0. The highest BCUT2D eigenvalue weighted by Gasteiger charge is 2.38. The largest absolute Gasteiger partial charge is 0.508 e. The van der Waals surface area contributed by atoms with Gasteiger partial charge in [-0.15, -0.1) is 0 Å². The molecule has 0 aliphatic rings. The Morgan fingerprint density at radius 2 is 1.51 bits per heavy atom. The summed E-state index contributed by atoms with van der Waals surface area (Å²) in [5.74, 6) is -4.61. The normalized spacial score (nSPS) is 11.4. The third kappa shape index (κ3) is 10.9. The van der Waals surface area contributed by atoms with Crippen molar-refractivity contribution in [3.8, 4) is 17.2 Å². The van der Waals surface area contributed by atoms with Gasteiger partial charge in [0.1, 0.15) is 23.4 Å². The van der Waals surface area contributed by atoms with Gasteiger partial charge in [-0.3, -0.25) is 25.8 Å². The van der Waals surface area contributed by atoms with Gasteiger partial charge in [0.2, 0.25) is 0 Å². The van der Waals surface area contributed by atoms with E-state index in [2.05, 4.69) is 16.2 Å². The number of amidine groups is 1. The van der Waals surface area contributed by atoms with Crippen LogP contribution in [0, 0.1) is 11.2 Å². The molecular formula is C29H31F4N5O7. The number of ether oxygens (including phenoxy) is 2. The van der Waals surface area contributed by atoms with E-state index in [1.165, 1.54) is 30.3 Å². The molecule has 0 aliphatic carbocycles. The van der Waals surface area contributed by atoms with Gasteiger partial charge in [0.05, 0.1) is 12.7 Å². The number of amides is 2. The van der Waals surface area contributed by atoms with Crippen molar-refractivity contribution in [1.82, 2.24) is 10.9 Å². The number of hydrogen-bond donors (Lipinski definition) is 7.